The van der Waals surface area contributed by atoms with Gasteiger partial charge in [0.2, 0.25) is 12.0 Å². The SMILES string of the molecule is COc1cc(O)c2cc(O[C@@H]3O[C@H](CO)[C@H](O)[C@H](O)[C@H]3O)c(-c3ccc(O)c(O)c3)[o+]c2c1. The molecular weight excluding hydrogens is 440 g/mol. The van der Waals surface area contributed by atoms with Crippen LogP contribution in [0.2, 0.25) is 0 Å². The maximum absolute atomic E-state index is 10.4. The highest BCUT2D eigenvalue weighted by atomic mass is 16.7. The van der Waals surface area contributed by atoms with Crippen LogP contribution in [0.15, 0.2) is 40.8 Å². The molecule has 11 nitrogen and oxygen atoms in total. The zero-order chi connectivity index (χ0) is 23.9. The Balaban J connectivity index is 1.84. The lowest BCUT2D eigenvalue weighted by molar-refractivity contribution is -0.277. The van der Waals surface area contributed by atoms with Crippen molar-refractivity contribution in [1.29, 1.82) is 0 Å². The molecule has 2 aromatic carbocycles. The summed E-state index contributed by atoms with van der Waals surface area (Å²) in [7, 11) is 1.41. The Morgan fingerprint density at radius 3 is 2.33 bits per heavy atom. The van der Waals surface area contributed by atoms with E-state index >= 15 is 0 Å². The first-order chi connectivity index (χ1) is 15.7. The Kier molecular flexibility index (Phi) is 6.15. The predicted octanol–water partition coefficient (Wildman–Crippen LogP) is 0.685. The van der Waals surface area contributed by atoms with Crippen LogP contribution >= 0.6 is 0 Å². The standard InChI is InChI=1S/C22H22O11/c1-30-10-5-13(25)11-7-16(32-22-20(29)19(28)18(27)17(8-23)33-22)21(31-15(11)6-10)9-2-3-12(24)14(26)4-9/h2-7,17-20,22-23,27-29H,8H2,1H3,(H2-,24,25,26)/p+1/t17-,18+,19+,20-,22-/m1/s1. The largest absolute Gasteiger partial charge is 0.507 e. The van der Waals surface area contributed by atoms with Gasteiger partial charge < -0.3 is 50.0 Å². The Bertz CT molecular complexity index is 1160. The number of ether oxygens (including phenoxy) is 3. The van der Waals surface area contributed by atoms with E-state index in [1.165, 1.54) is 43.5 Å². The van der Waals surface area contributed by atoms with E-state index in [0.717, 1.165) is 0 Å². The fourth-order valence-corrected chi connectivity index (χ4v) is 3.53. The highest BCUT2D eigenvalue weighted by molar-refractivity contribution is 5.88. The van der Waals surface area contributed by atoms with Crippen molar-refractivity contribution in [1.82, 2.24) is 0 Å². The summed E-state index contributed by atoms with van der Waals surface area (Å²) in [6.45, 7) is -0.647. The third kappa shape index (κ3) is 4.19. The van der Waals surface area contributed by atoms with E-state index in [9.17, 15) is 35.7 Å². The van der Waals surface area contributed by atoms with E-state index in [1.807, 2.05) is 0 Å². The lowest BCUT2D eigenvalue weighted by Gasteiger charge is -2.39. The normalized spacial score (nSPS) is 25.2. The van der Waals surface area contributed by atoms with E-state index in [0.29, 0.717) is 5.75 Å². The van der Waals surface area contributed by atoms with Gasteiger partial charge in [0, 0.05) is 18.2 Å². The van der Waals surface area contributed by atoms with Crippen molar-refractivity contribution in [3.63, 3.8) is 0 Å². The van der Waals surface area contributed by atoms with Gasteiger partial charge in [-0.05, 0) is 12.1 Å². The topological polar surface area (TPSA) is 181 Å². The van der Waals surface area contributed by atoms with Gasteiger partial charge in [-0.2, -0.15) is 0 Å². The number of methoxy groups -OCH3 is 1. The molecule has 7 N–H and O–H groups in total. The third-order valence-electron chi connectivity index (χ3n) is 5.37. The minimum Gasteiger partial charge on any atom is -0.507 e. The molecule has 1 aliphatic heterocycles. The minimum absolute atomic E-state index is 0.0161. The molecule has 1 fully saturated rings. The van der Waals surface area contributed by atoms with Crippen LogP contribution in [-0.2, 0) is 4.74 Å². The highest BCUT2D eigenvalue weighted by Gasteiger charge is 2.45. The van der Waals surface area contributed by atoms with E-state index in [2.05, 4.69) is 0 Å². The Morgan fingerprint density at radius 2 is 1.67 bits per heavy atom. The van der Waals surface area contributed by atoms with Gasteiger partial charge in [0.1, 0.15) is 41.3 Å². The molecule has 5 atom stereocenters. The van der Waals surface area contributed by atoms with Crippen molar-refractivity contribution in [3.05, 3.63) is 36.4 Å². The zero-order valence-electron chi connectivity index (χ0n) is 17.3. The van der Waals surface area contributed by atoms with Crippen molar-refractivity contribution < 1.29 is 54.4 Å². The van der Waals surface area contributed by atoms with Gasteiger partial charge in [0.05, 0.1) is 25.3 Å². The number of rotatable bonds is 5. The Morgan fingerprint density at radius 1 is 0.909 bits per heavy atom. The molecule has 1 aromatic heterocycles. The van der Waals surface area contributed by atoms with Crippen molar-refractivity contribution in [2.45, 2.75) is 30.7 Å². The van der Waals surface area contributed by atoms with Crippen molar-refractivity contribution in [3.8, 4) is 40.1 Å². The van der Waals surface area contributed by atoms with Crippen LogP contribution in [0.4, 0.5) is 0 Å². The zero-order valence-corrected chi connectivity index (χ0v) is 17.3. The van der Waals surface area contributed by atoms with Gasteiger partial charge >= 0.3 is 11.3 Å². The Hall–Kier alpha value is -3.35. The van der Waals surface area contributed by atoms with E-state index in [1.54, 1.807) is 0 Å². The van der Waals surface area contributed by atoms with Crippen LogP contribution in [-0.4, -0.2) is 80.2 Å². The monoisotopic (exact) mass is 463 g/mol. The maximum Gasteiger partial charge on any atom is 0.402 e. The van der Waals surface area contributed by atoms with Crippen LogP contribution in [0.1, 0.15) is 0 Å². The average Bonchev–Trinajstić information content (AvgIpc) is 2.81. The van der Waals surface area contributed by atoms with Gasteiger partial charge in [-0.3, -0.25) is 0 Å². The second kappa shape index (κ2) is 8.89. The summed E-state index contributed by atoms with van der Waals surface area (Å²) >= 11 is 0. The van der Waals surface area contributed by atoms with Crippen LogP contribution < -0.4 is 9.47 Å². The molecule has 1 saturated heterocycles. The molecule has 0 unspecified atom stereocenters. The number of hydrogen-bond donors (Lipinski definition) is 7. The second-order valence-electron chi connectivity index (χ2n) is 7.52. The molecule has 0 saturated carbocycles. The van der Waals surface area contributed by atoms with Crippen molar-refractivity contribution in [2.75, 3.05) is 13.7 Å². The van der Waals surface area contributed by atoms with Crippen LogP contribution in [0.5, 0.6) is 28.7 Å². The predicted molar refractivity (Wildman–Crippen MR) is 112 cm³/mol. The number of aliphatic hydroxyl groups is 4. The highest BCUT2D eigenvalue weighted by Crippen LogP contribution is 2.42. The number of fused-ring (bicyclic) bond motifs is 1. The van der Waals surface area contributed by atoms with Crippen LogP contribution in [0.3, 0.4) is 0 Å². The summed E-state index contributed by atoms with van der Waals surface area (Å²) < 4.78 is 22.2. The molecule has 33 heavy (non-hydrogen) atoms. The molecule has 0 radical (unpaired) electrons. The van der Waals surface area contributed by atoms with E-state index < -0.39 is 43.1 Å². The molecule has 176 valence electrons. The number of aromatic hydroxyl groups is 3. The molecule has 4 rings (SSSR count). The van der Waals surface area contributed by atoms with Crippen LogP contribution in [0, 0.1) is 0 Å². The number of phenolic OH excluding ortho intramolecular Hbond substituents is 3. The average molecular weight is 463 g/mol. The fraction of sp³-hybridized carbons (Fsp3) is 0.318. The first-order valence-corrected chi connectivity index (χ1v) is 9.91. The smallest absolute Gasteiger partial charge is 0.402 e. The summed E-state index contributed by atoms with van der Waals surface area (Å²) in [5.74, 6) is -0.747. The van der Waals surface area contributed by atoms with Gasteiger partial charge in [-0.25, -0.2) is 4.42 Å². The summed E-state index contributed by atoms with van der Waals surface area (Å²) in [6.07, 6.45) is -7.67. The molecule has 1 aliphatic rings. The first kappa shape index (κ1) is 22.8. The van der Waals surface area contributed by atoms with E-state index in [4.69, 9.17) is 18.6 Å². The number of benzene rings is 2. The molecule has 0 spiro atoms. The Labute approximate surface area is 186 Å². The van der Waals surface area contributed by atoms with Crippen molar-refractivity contribution in [2.24, 2.45) is 0 Å². The van der Waals surface area contributed by atoms with Gasteiger partial charge in [-0.1, -0.05) is 0 Å². The van der Waals surface area contributed by atoms with Gasteiger partial charge in [0.25, 0.3) is 0 Å². The first-order valence-electron chi connectivity index (χ1n) is 9.91. The molecule has 2 heterocycles. The van der Waals surface area contributed by atoms with Gasteiger partial charge in [-0.15, -0.1) is 0 Å². The van der Waals surface area contributed by atoms with Gasteiger partial charge in [0.15, 0.2) is 11.5 Å². The molecule has 0 amide bonds. The fourth-order valence-electron chi connectivity index (χ4n) is 3.53. The summed E-state index contributed by atoms with van der Waals surface area (Å²) in [6, 6.07) is 8.11. The molecular formula is C22H23O11+. The quantitative estimate of drug-likeness (QED) is 0.209. The summed E-state index contributed by atoms with van der Waals surface area (Å²) in [5, 5.41) is 70.0. The summed E-state index contributed by atoms with van der Waals surface area (Å²) in [4.78, 5) is 0. The number of hydrogen-bond acceptors (Lipinski definition) is 10. The third-order valence-corrected chi connectivity index (χ3v) is 5.37. The second-order valence-corrected chi connectivity index (χ2v) is 7.52. The lowest BCUT2D eigenvalue weighted by atomic mass is 9.99. The number of phenols is 3. The molecule has 0 bridgehead atoms. The molecule has 3 aromatic rings. The summed E-state index contributed by atoms with van der Waals surface area (Å²) in [5.41, 5.74) is 0.449. The van der Waals surface area contributed by atoms with E-state index in [-0.39, 0.29) is 39.5 Å². The number of aliphatic hydroxyl groups excluding tert-OH is 4. The molecule has 0 aliphatic carbocycles. The van der Waals surface area contributed by atoms with Crippen molar-refractivity contribution >= 4 is 11.0 Å². The minimum atomic E-state index is -1.69. The van der Waals surface area contributed by atoms with Crippen LogP contribution in [0.25, 0.3) is 22.3 Å². The molecule has 11 heteroatoms. The maximum atomic E-state index is 10.4. The lowest BCUT2D eigenvalue weighted by Crippen LogP contribution is -2.60.